The van der Waals surface area contributed by atoms with E-state index in [0.29, 0.717) is 0 Å². The summed E-state index contributed by atoms with van der Waals surface area (Å²) in [5, 5.41) is 3.53. The van der Waals surface area contributed by atoms with E-state index in [1.54, 1.807) is 0 Å². The quantitative estimate of drug-likeness (QED) is 0.174. The van der Waals surface area contributed by atoms with E-state index >= 15 is 0 Å². The third kappa shape index (κ3) is 10.4. The molecule has 2 aliphatic rings. The van der Waals surface area contributed by atoms with E-state index in [1.807, 2.05) is 0 Å². The Hall–Kier alpha value is -0.583. The molecule has 0 aliphatic carbocycles. The molecule has 0 radical (unpaired) electrons. The van der Waals surface area contributed by atoms with Gasteiger partial charge in [-0.15, -0.1) is 0 Å². The highest BCUT2D eigenvalue weighted by atomic mass is 35.5. The molecule has 2 heterocycles. The molecule has 3 rings (SSSR count). The lowest BCUT2D eigenvalue weighted by Gasteiger charge is -2.38. The highest BCUT2D eigenvalue weighted by Crippen LogP contribution is 2.37. The predicted octanol–water partition coefficient (Wildman–Crippen LogP) is 9.57. The summed E-state index contributed by atoms with van der Waals surface area (Å²) in [6.07, 6.45) is 18.0. The number of benzene rings is 1. The molecule has 0 spiro atoms. The smallest absolute Gasteiger partial charge is 0.0773 e. The molecule has 35 heavy (non-hydrogen) atoms. The van der Waals surface area contributed by atoms with Gasteiger partial charge in [0.2, 0.25) is 0 Å². The Bertz CT molecular complexity index is 815. The summed E-state index contributed by atoms with van der Waals surface area (Å²) in [6.45, 7) is 8.00. The zero-order valence-electron chi connectivity index (χ0n) is 22.2. The van der Waals surface area contributed by atoms with Gasteiger partial charge in [0.1, 0.15) is 0 Å². The van der Waals surface area contributed by atoms with Crippen molar-refractivity contribution in [3.05, 3.63) is 57.2 Å². The number of hydrogen-bond donors (Lipinski definition) is 0. The van der Waals surface area contributed by atoms with Gasteiger partial charge >= 0.3 is 0 Å². The number of ether oxygens (including phenoxy) is 2. The normalized spacial score (nSPS) is 23.5. The molecule has 0 bridgehead atoms. The Kier molecular flexibility index (Phi) is 12.4. The van der Waals surface area contributed by atoms with Crippen molar-refractivity contribution in [2.45, 2.75) is 121 Å². The summed E-state index contributed by atoms with van der Waals surface area (Å²) in [7, 11) is -1.51. The van der Waals surface area contributed by atoms with Crippen LogP contribution in [-0.2, 0) is 15.9 Å². The van der Waals surface area contributed by atoms with Crippen molar-refractivity contribution >= 4 is 31.3 Å². The monoisotopic (exact) mass is 536 g/mol. The van der Waals surface area contributed by atoms with Gasteiger partial charge in [0.25, 0.3) is 0 Å². The Morgan fingerprint density at radius 3 is 2.11 bits per heavy atom. The molecule has 0 amide bonds. The average Bonchev–Trinajstić information content (AvgIpc) is 2.80. The third-order valence-electron chi connectivity index (χ3n) is 7.24. The molecule has 2 nitrogen and oxygen atoms in total. The molecule has 0 aromatic heterocycles. The van der Waals surface area contributed by atoms with Gasteiger partial charge in [-0.25, -0.2) is 0 Å². The van der Waals surface area contributed by atoms with Crippen LogP contribution in [0.25, 0.3) is 0 Å². The van der Waals surface area contributed by atoms with Crippen LogP contribution in [0.4, 0.5) is 0 Å². The Morgan fingerprint density at radius 1 is 0.857 bits per heavy atom. The van der Waals surface area contributed by atoms with E-state index in [4.69, 9.17) is 32.7 Å². The van der Waals surface area contributed by atoms with Crippen LogP contribution >= 0.6 is 23.2 Å². The Balaban J connectivity index is 1.33. The molecule has 1 unspecified atom stereocenters. The summed E-state index contributed by atoms with van der Waals surface area (Å²) in [6, 6.07) is 10.7. The summed E-state index contributed by atoms with van der Waals surface area (Å²) in [5.74, 6) is 0. The lowest BCUT2D eigenvalue weighted by molar-refractivity contribution is -0.00304. The summed E-state index contributed by atoms with van der Waals surface area (Å²) >= 11 is 13.0. The first-order valence-electron chi connectivity index (χ1n) is 13.9. The lowest BCUT2D eigenvalue weighted by atomic mass is 10.00. The van der Waals surface area contributed by atoms with Gasteiger partial charge in [-0.05, 0) is 36.1 Å². The van der Waals surface area contributed by atoms with Crippen LogP contribution in [0.1, 0.15) is 82.6 Å². The maximum absolute atomic E-state index is 6.92. The van der Waals surface area contributed by atoms with E-state index in [0.717, 1.165) is 48.8 Å². The fraction of sp³-hybridized carbons (Fsp3) is 0.667. The molecule has 1 aromatic carbocycles. The second-order valence-corrected chi connectivity index (χ2v) is 17.4. The third-order valence-corrected chi connectivity index (χ3v) is 10.3. The zero-order chi connectivity index (χ0) is 25.1. The molecule has 2 aliphatic heterocycles. The van der Waals surface area contributed by atoms with Gasteiger partial charge in [-0.1, -0.05) is 125 Å². The first kappa shape index (κ1) is 29.0. The second-order valence-electron chi connectivity index (χ2n) is 11.4. The molecular formula is C30H46Cl2O2Si. The zero-order valence-corrected chi connectivity index (χ0v) is 24.7. The van der Waals surface area contributed by atoms with Gasteiger partial charge in [0.05, 0.1) is 33.0 Å². The van der Waals surface area contributed by atoms with E-state index in [2.05, 4.69) is 56.0 Å². The van der Waals surface area contributed by atoms with Gasteiger partial charge in [0, 0.05) is 22.9 Å². The fourth-order valence-electron chi connectivity index (χ4n) is 5.48. The van der Waals surface area contributed by atoms with E-state index in [1.165, 1.54) is 62.1 Å². The fourth-order valence-corrected chi connectivity index (χ4v) is 8.93. The lowest BCUT2D eigenvalue weighted by Crippen LogP contribution is -2.40. The topological polar surface area (TPSA) is 18.5 Å². The predicted molar refractivity (Wildman–Crippen MR) is 154 cm³/mol. The first-order chi connectivity index (χ1) is 16.8. The average molecular weight is 538 g/mol. The van der Waals surface area contributed by atoms with Crippen molar-refractivity contribution in [3.8, 4) is 0 Å². The minimum Gasteiger partial charge on any atom is -0.374 e. The molecule has 1 aromatic rings. The van der Waals surface area contributed by atoms with Crippen molar-refractivity contribution in [1.82, 2.24) is 0 Å². The summed E-state index contributed by atoms with van der Waals surface area (Å²) < 4.78 is 12.5. The number of halogens is 2. The Labute approximate surface area is 225 Å². The van der Waals surface area contributed by atoms with Gasteiger partial charge in [-0.3, -0.25) is 0 Å². The molecular weight excluding hydrogens is 491 g/mol. The molecule has 0 saturated heterocycles. The summed E-state index contributed by atoms with van der Waals surface area (Å²) in [5.41, 5.74) is 1.34. The second kappa shape index (κ2) is 15.0. The maximum atomic E-state index is 6.92. The van der Waals surface area contributed by atoms with Crippen LogP contribution in [0, 0.1) is 0 Å². The van der Waals surface area contributed by atoms with Crippen LogP contribution in [0.3, 0.4) is 0 Å². The first-order valence-corrected chi connectivity index (χ1v) is 18.1. The summed E-state index contributed by atoms with van der Waals surface area (Å²) in [4.78, 5) is 0. The van der Waals surface area contributed by atoms with E-state index < -0.39 is 8.07 Å². The molecule has 0 saturated carbocycles. The van der Waals surface area contributed by atoms with Gasteiger partial charge in [0.15, 0.2) is 0 Å². The van der Waals surface area contributed by atoms with Crippen molar-refractivity contribution in [3.63, 3.8) is 0 Å². The van der Waals surface area contributed by atoms with E-state index in [-0.39, 0.29) is 18.3 Å². The number of rotatable bonds is 14. The molecule has 0 N–H and O–H groups in total. The van der Waals surface area contributed by atoms with Crippen molar-refractivity contribution < 1.29 is 9.47 Å². The SMILES string of the molecule is C[Si](C)(C)C1=C(Cl)C[C@H](Cc2ccccc2)O[C@@H]1CCCCCCCCCCC1C=C(Cl)CCO1. The van der Waals surface area contributed by atoms with Crippen LogP contribution in [0.5, 0.6) is 0 Å². The van der Waals surface area contributed by atoms with Crippen LogP contribution in [0.2, 0.25) is 19.6 Å². The van der Waals surface area contributed by atoms with Crippen LogP contribution in [0.15, 0.2) is 51.7 Å². The minimum atomic E-state index is -1.51. The highest BCUT2D eigenvalue weighted by Gasteiger charge is 2.36. The van der Waals surface area contributed by atoms with Crippen molar-refractivity contribution in [2.24, 2.45) is 0 Å². The van der Waals surface area contributed by atoms with E-state index in [9.17, 15) is 0 Å². The van der Waals surface area contributed by atoms with Gasteiger partial charge in [-0.2, -0.15) is 0 Å². The molecule has 3 atom stereocenters. The Morgan fingerprint density at radius 2 is 1.49 bits per heavy atom. The van der Waals surface area contributed by atoms with Crippen molar-refractivity contribution in [2.75, 3.05) is 6.61 Å². The maximum Gasteiger partial charge on any atom is 0.0773 e. The largest absolute Gasteiger partial charge is 0.374 e. The van der Waals surface area contributed by atoms with Crippen LogP contribution < -0.4 is 0 Å². The standard InChI is InChI=1S/C30H46Cl2O2Si/c1-35(2,3)30-28(32)23-27(21-24-15-11-10-12-16-24)34-29(30)18-14-9-7-5-4-6-8-13-17-26-22-25(31)19-20-33-26/h10-12,15-16,22,26-27,29H,4-9,13-14,17-21,23H2,1-3H3/t26?,27-,29+/m0/s1. The highest BCUT2D eigenvalue weighted by molar-refractivity contribution is 6.84. The minimum absolute atomic E-state index is 0.195. The molecule has 0 fully saturated rings. The van der Waals surface area contributed by atoms with Gasteiger partial charge < -0.3 is 9.47 Å². The van der Waals surface area contributed by atoms with Crippen molar-refractivity contribution in [1.29, 1.82) is 0 Å². The molecule has 5 heteroatoms. The molecule has 196 valence electrons. The number of hydrogen-bond acceptors (Lipinski definition) is 2. The van der Waals surface area contributed by atoms with Crippen LogP contribution in [-0.4, -0.2) is 33.0 Å². The number of unbranched alkanes of at least 4 members (excludes halogenated alkanes) is 7.